The molecule has 1 aliphatic heterocycles. The van der Waals surface area contributed by atoms with E-state index < -0.39 is 0 Å². The second-order valence-electron chi connectivity index (χ2n) is 9.96. The van der Waals surface area contributed by atoms with E-state index in [9.17, 15) is 0 Å². The van der Waals surface area contributed by atoms with Gasteiger partial charge in [0.15, 0.2) is 6.04 Å². The molecule has 4 rings (SSSR count). The van der Waals surface area contributed by atoms with E-state index in [1.807, 2.05) is 43.3 Å². The fraction of sp³-hybridized carbons (Fsp3) is 0.452. The van der Waals surface area contributed by atoms with Gasteiger partial charge in [-0.15, -0.1) is 5.92 Å². The molecule has 0 spiro atoms. The summed E-state index contributed by atoms with van der Waals surface area (Å²) in [5.41, 5.74) is 5.04. The molecule has 0 bridgehead atoms. The largest absolute Gasteiger partial charge is 0.381 e. The molecule has 0 fully saturated rings. The lowest BCUT2D eigenvalue weighted by atomic mass is 10.0. The minimum Gasteiger partial charge on any atom is -0.381 e. The number of fused-ring (bicyclic) bond motifs is 1. The Bertz CT molecular complexity index is 1380. The lowest BCUT2D eigenvalue weighted by Gasteiger charge is -2.31. The number of aliphatic imine (C=N–C) groups is 2. The Labute approximate surface area is 237 Å². The predicted octanol–water partition coefficient (Wildman–Crippen LogP) is 4.10. The first-order valence-electron chi connectivity index (χ1n) is 13.9. The van der Waals surface area contributed by atoms with Gasteiger partial charge < -0.3 is 4.74 Å². The van der Waals surface area contributed by atoms with Gasteiger partial charge in [-0.3, -0.25) is 14.6 Å². The minimum atomic E-state index is -0.265. The lowest BCUT2D eigenvalue weighted by Crippen LogP contribution is -2.38. The van der Waals surface area contributed by atoms with Crippen LogP contribution in [0.2, 0.25) is 0 Å². The van der Waals surface area contributed by atoms with Gasteiger partial charge in [-0.1, -0.05) is 37.7 Å². The van der Waals surface area contributed by atoms with Gasteiger partial charge >= 0.3 is 0 Å². The van der Waals surface area contributed by atoms with Crippen LogP contribution in [-0.4, -0.2) is 80.3 Å². The number of nitrogens with zero attached hydrogens (tertiary/aromatic N) is 8. The SMILES string of the molecule is C=C/C(=C\C(=C/COC)CC)CN(CCn1ncnc1C)C1/C=C2/N=C(c3cnn(C)c3)C=NC2C#CCCC1. The molecule has 2 aliphatic rings. The molecule has 0 amide bonds. The molecule has 2 atom stereocenters. The average Bonchev–Trinajstić information content (AvgIpc) is 3.61. The summed E-state index contributed by atoms with van der Waals surface area (Å²) in [5, 5.41) is 8.74. The molecule has 2 unspecified atom stereocenters. The highest BCUT2D eigenvalue weighted by molar-refractivity contribution is 6.38. The number of allylic oxidation sites excluding steroid dienone is 2. The second-order valence-corrected chi connectivity index (χ2v) is 9.96. The summed E-state index contributed by atoms with van der Waals surface area (Å²) in [6, 6.07) is -0.134. The van der Waals surface area contributed by atoms with Gasteiger partial charge in [-0.05, 0) is 43.4 Å². The van der Waals surface area contributed by atoms with Crippen LogP contribution >= 0.6 is 0 Å². The summed E-state index contributed by atoms with van der Waals surface area (Å²) in [5.74, 6) is 7.58. The molecule has 0 aromatic carbocycles. The Morgan fingerprint density at radius 2 is 2.17 bits per heavy atom. The maximum atomic E-state index is 5.28. The zero-order valence-electron chi connectivity index (χ0n) is 24.1. The monoisotopic (exact) mass is 540 g/mol. The molecule has 40 heavy (non-hydrogen) atoms. The van der Waals surface area contributed by atoms with Crippen LogP contribution in [0, 0.1) is 18.8 Å². The summed E-state index contributed by atoms with van der Waals surface area (Å²) < 4.78 is 9.02. The van der Waals surface area contributed by atoms with Crippen molar-refractivity contribution >= 4 is 11.9 Å². The molecule has 1 aliphatic carbocycles. The highest BCUT2D eigenvalue weighted by Crippen LogP contribution is 2.23. The first kappa shape index (κ1) is 29.1. The fourth-order valence-corrected chi connectivity index (χ4v) is 4.78. The van der Waals surface area contributed by atoms with Gasteiger partial charge in [-0.25, -0.2) is 14.7 Å². The van der Waals surface area contributed by atoms with Crippen molar-refractivity contribution in [2.75, 3.05) is 26.8 Å². The van der Waals surface area contributed by atoms with E-state index in [0.29, 0.717) is 6.61 Å². The quantitative estimate of drug-likeness (QED) is 0.299. The second kappa shape index (κ2) is 14.5. The van der Waals surface area contributed by atoms with Crippen LogP contribution in [0.5, 0.6) is 0 Å². The summed E-state index contributed by atoms with van der Waals surface area (Å²) in [6.07, 6.45) is 19.5. The lowest BCUT2D eigenvalue weighted by molar-refractivity contribution is 0.223. The third kappa shape index (κ3) is 7.84. The Morgan fingerprint density at radius 3 is 2.88 bits per heavy atom. The van der Waals surface area contributed by atoms with Crippen LogP contribution in [-0.2, 0) is 18.3 Å². The number of ether oxygens (including phenoxy) is 1. The van der Waals surface area contributed by atoms with Crippen LogP contribution in [0.15, 0.2) is 76.4 Å². The molecule has 0 saturated heterocycles. The van der Waals surface area contributed by atoms with Gasteiger partial charge in [0.2, 0.25) is 0 Å². The van der Waals surface area contributed by atoms with E-state index in [-0.39, 0.29) is 12.1 Å². The van der Waals surface area contributed by atoms with Crippen molar-refractivity contribution in [2.24, 2.45) is 17.0 Å². The Hall–Kier alpha value is -3.87. The van der Waals surface area contributed by atoms with Crippen molar-refractivity contribution in [3.05, 3.63) is 77.8 Å². The fourth-order valence-electron chi connectivity index (χ4n) is 4.78. The Morgan fingerprint density at radius 1 is 1.30 bits per heavy atom. The number of hydrogen-bond donors (Lipinski definition) is 0. The maximum Gasteiger partial charge on any atom is 0.152 e. The van der Waals surface area contributed by atoms with Gasteiger partial charge in [0.25, 0.3) is 0 Å². The minimum absolute atomic E-state index is 0.131. The number of hydrogen-bond acceptors (Lipinski definition) is 7. The first-order valence-corrected chi connectivity index (χ1v) is 13.9. The molecule has 2 aromatic rings. The number of aryl methyl sites for hydroxylation is 2. The Kier molecular flexibility index (Phi) is 10.6. The first-order chi connectivity index (χ1) is 19.5. The van der Waals surface area contributed by atoms with Crippen molar-refractivity contribution in [3.63, 3.8) is 0 Å². The molecule has 210 valence electrons. The number of aromatic nitrogens is 5. The highest BCUT2D eigenvalue weighted by atomic mass is 16.5. The zero-order valence-corrected chi connectivity index (χ0v) is 24.1. The van der Waals surface area contributed by atoms with Crippen LogP contribution in [0.1, 0.15) is 44.0 Å². The number of rotatable bonds is 12. The molecule has 3 heterocycles. The summed E-state index contributed by atoms with van der Waals surface area (Å²) in [7, 11) is 3.62. The van der Waals surface area contributed by atoms with E-state index in [0.717, 1.165) is 73.7 Å². The third-order valence-corrected chi connectivity index (χ3v) is 7.10. The normalized spacial score (nSPS) is 20.9. The van der Waals surface area contributed by atoms with E-state index in [2.05, 4.69) is 63.7 Å². The Balaban J connectivity index is 1.68. The maximum absolute atomic E-state index is 5.28. The van der Waals surface area contributed by atoms with E-state index in [4.69, 9.17) is 14.7 Å². The third-order valence-electron chi connectivity index (χ3n) is 7.10. The zero-order chi connectivity index (χ0) is 28.3. The van der Waals surface area contributed by atoms with E-state index in [1.165, 1.54) is 5.57 Å². The summed E-state index contributed by atoms with van der Waals surface area (Å²) in [4.78, 5) is 16.6. The number of methoxy groups -OCH3 is 1. The molecule has 0 radical (unpaired) electrons. The van der Waals surface area contributed by atoms with Crippen molar-refractivity contribution < 1.29 is 4.74 Å². The van der Waals surface area contributed by atoms with Gasteiger partial charge in [0.05, 0.1) is 30.8 Å². The van der Waals surface area contributed by atoms with Crippen LogP contribution in [0.25, 0.3) is 0 Å². The molecule has 0 saturated carbocycles. The van der Waals surface area contributed by atoms with Gasteiger partial charge in [0.1, 0.15) is 12.2 Å². The smallest absolute Gasteiger partial charge is 0.152 e. The van der Waals surface area contributed by atoms with Crippen molar-refractivity contribution in [1.29, 1.82) is 0 Å². The van der Waals surface area contributed by atoms with E-state index in [1.54, 1.807) is 18.1 Å². The molecule has 2 aromatic heterocycles. The van der Waals surface area contributed by atoms with Crippen molar-refractivity contribution in [2.45, 2.75) is 58.2 Å². The van der Waals surface area contributed by atoms with Crippen LogP contribution < -0.4 is 0 Å². The van der Waals surface area contributed by atoms with Crippen LogP contribution in [0.4, 0.5) is 0 Å². The molecule has 9 heteroatoms. The van der Waals surface area contributed by atoms with Crippen molar-refractivity contribution in [3.8, 4) is 11.8 Å². The van der Waals surface area contributed by atoms with Gasteiger partial charge in [-0.2, -0.15) is 10.2 Å². The molecular weight excluding hydrogens is 500 g/mol. The van der Waals surface area contributed by atoms with Crippen LogP contribution in [0.3, 0.4) is 0 Å². The average molecular weight is 541 g/mol. The van der Waals surface area contributed by atoms with Crippen molar-refractivity contribution in [1.82, 2.24) is 29.4 Å². The highest BCUT2D eigenvalue weighted by Gasteiger charge is 2.24. The topological polar surface area (TPSA) is 85.7 Å². The predicted molar refractivity (Wildman–Crippen MR) is 160 cm³/mol. The van der Waals surface area contributed by atoms with Gasteiger partial charge in [0, 0.05) is 57.7 Å². The summed E-state index contributed by atoms with van der Waals surface area (Å²) >= 11 is 0. The molecule has 9 nitrogen and oxygen atoms in total. The van der Waals surface area contributed by atoms with E-state index >= 15 is 0 Å². The molecule has 0 N–H and O–H groups in total. The summed E-state index contributed by atoms with van der Waals surface area (Å²) in [6.45, 7) is 11.1. The molecular formula is C31H40N8O. The standard InChI is InChI=1S/C31H40N8O/c1-6-25(13-16-40-5)17-26(7-2)21-38(14-15-39-24(3)33-23-35-39)28-11-9-8-10-12-29-30(18-28)36-31(20-32-29)27-19-34-37(4)22-27/h7,13,17-20,22-23,28-29H,2,6,8-9,11,14-16,21H2,1,3-5H3/b25-13-,26-17+,30-18+.